The number of ether oxygens (including phenoxy) is 1. The Morgan fingerprint density at radius 2 is 1.62 bits per heavy atom. The summed E-state index contributed by atoms with van der Waals surface area (Å²) in [6.45, 7) is 7.16. The van der Waals surface area contributed by atoms with E-state index < -0.39 is 34.1 Å². The van der Waals surface area contributed by atoms with Crippen LogP contribution in [0, 0.1) is 0 Å². The highest BCUT2D eigenvalue weighted by Crippen LogP contribution is 2.20. The fourth-order valence-corrected chi connectivity index (χ4v) is 4.36. The molecule has 0 saturated heterocycles. The SMILES string of the molecule is CC[C@H](C(=O)NC(C)(C)C)N(Cc1ccc(OC)cc1)C(=O)CN(c1ccccc1)S(C)(=O)=O. The first kappa shape index (κ1) is 27.2. The summed E-state index contributed by atoms with van der Waals surface area (Å²) < 4.78 is 31.3. The number of methoxy groups -OCH3 is 1. The standard InChI is InChI=1S/C25H35N3O5S/c1-7-22(24(30)26-25(2,3)4)27(17-19-13-15-21(33-5)16-14-19)23(29)18-28(34(6,31)32)20-11-9-8-10-12-20/h8-16,22H,7,17-18H2,1-6H3,(H,26,30)/t22-/m1/s1. The second-order valence-electron chi connectivity index (χ2n) is 9.14. The Labute approximate surface area is 202 Å². The fourth-order valence-electron chi connectivity index (χ4n) is 3.51. The van der Waals surface area contributed by atoms with Gasteiger partial charge in [0.25, 0.3) is 0 Å². The second-order valence-corrected chi connectivity index (χ2v) is 11.0. The van der Waals surface area contributed by atoms with Crippen LogP contribution in [-0.4, -0.2) is 56.6 Å². The maximum atomic E-state index is 13.6. The van der Waals surface area contributed by atoms with E-state index in [1.807, 2.05) is 39.8 Å². The molecule has 0 unspecified atom stereocenters. The average molecular weight is 490 g/mol. The van der Waals surface area contributed by atoms with Crippen molar-refractivity contribution >= 4 is 27.5 Å². The number of carbonyl (C=O) groups excluding carboxylic acids is 2. The third-order valence-electron chi connectivity index (χ3n) is 5.12. The molecule has 1 N–H and O–H groups in total. The van der Waals surface area contributed by atoms with E-state index in [0.717, 1.165) is 16.1 Å². The molecule has 0 aliphatic heterocycles. The van der Waals surface area contributed by atoms with Gasteiger partial charge in [0.1, 0.15) is 18.3 Å². The van der Waals surface area contributed by atoms with Crippen molar-refractivity contribution in [1.29, 1.82) is 0 Å². The molecule has 0 aliphatic rings. The highest BCUT2D eigenvalue weighted by Gasteiger charge is 2.33. The lowest BCUT2D eigenvalue weighted by molar-refractivity contribution is -0.141. The molecule has 2 amide bonds. The number of hydrogen-bond donors (Lipinski definition) is 1. The van der Waals surface area contributed by atoms with Gasteiger partial charge < -0.3 is 15.0 Å². The predicted octanol–water partition coefficient (Wildman–Crippen LogP) is 3.18. The van der Waals surface area contributed by atoms with E-state index in [0.29, 0.717) is 17.9 Å². The summed E-state index contributed by atoms with van der Waals surface area (Å²) >= 11 is 0. The largest absolute Gasteiger partial charge is 0.497 e. The molecular weight excluding hydrogens is 454 g/mol. The highest BCUT2D eigenvalue weighted by molar-refractivity contribution is 7.92. The number of rotatable bonds is 10. The van der Waals surface area contributed by atoms with Gasteiger partial charge in [0, 0.05) is 12.1 Å². The smallest absolute Gasteiger partial charge is 0.244 e. The Hall–Kier alpha value is -3.07. The Morgan fingerprint density at radius 3 is 2.09 bits per heavy atom. The first-order valence-electron chi connectivity index (χ1n) is 11.1. The Balaban J connectivity index is 2.42. The average Bonchev–Trinajstić information content (AvgIpc) is 2.76. The molecule has 34 heavy (non-hydrogen) atoms. The van der Waals surface area contributed by atoms with Crippen LogP contribution in [0.5, 0.6) is 5.75 Å². The molecule has 0 radical (unpaired) electrons. The maximum absolute atomic E-state index is 13.6. The van der Waals surface area contributed by atoms with Crippen LogP contribution in [0.1, 0.15) is 39.7 Å². The second kappa shape index (κ2) is 11.4. The number of nitrogens with zero attached hydrogens (tertiary/aromatic N) is 2. The quantitative estimate of drug-likeness (QED) is 0.553. The topological polar surface area (TPSA) is 96.0 Å². The van der Waals surface area contributed by atoms with Crippen molar-refractivity contribution in [2.24, 2.45) is 0 Å². The molecule has 0 aliphatic carbocycles. The van der Waals surface area contributed by atoms with Crippen LogP contribution in [0.25, 0.3) is 0 Å². The van der Waals surface area contributed by atoms with Crippen LogP contribution in [0.3, 0.4) is 0 Å². The molecule has 0 heterocycles. The third kappa shape index (κ3) is 7.76. The van der Waals surface area contributed by atoms with Crippen LogP contribution < -0.4 is 14.4 Å². The number of amides is 2. The third-order valence-corrected chi connectivity index (χ3v) is 6.26. The normalized spacial score (nSPS) is 12.5. The number of anilines is 1. The number of para-hydroxylation sites is 1. The van der Waals surface area contributed by atoms with Gasteiger partial charge in [-0.25, -0.2) is 8.42 Å². The van der Waals surface area contributed by atoms with Gasteiger partial charge in [-0.3, -0.25) is 13.9 Å². The lowest BCUT2D eigenvalue weighted by atomic mass is 10.1. The van der Waals surface area contributed by atoms with E-state index >= 15 is 0 Å². The molecule has 2 aromatic carbocycles. The molecular formula is C25H35N3O5S. The van der Waals surface area contributed by atoms with Crippen LogP contribution in [0.4, 0.5) is 5.69 Å². The summed E-state index contributed by atoms with van der Waals surface area (Å²) in [5.74, 6) is -0.0880. The first-order chi connectivity index (χ1) is 15.9. The Bertz CT molecular complexity index is 1060. The Kier molecular flexibility index (Phi) is 9.09. The minimum atomic E-state index is -3.74. The summed E-state index contributed by atoms with van der Waals surface area (Å²) in [6, 6.07) is 14.9. The fraction of sp³-hybridized carbons (Fsp3) is 0.440. The zero-order chi connectivity index (χ0) is 25.5. The van der Waals surface area contributed by atoms with Crippen molar-refractivity contribution in [2.75, 3.05) is 24.2 Å². The van der Waals surface area contributed by atoms with E-state index in [2.05, 4.69) is 5.32 Å². The molecule has 1 atom stereocenters. The zero-order valence-electron chi connectivity index (χ0n) is 20.7. The molecule has 0 spiro atoms. The Morgan fingerprint density at radius 1 is 1.03 bits per heavy atom. The number of carbonyl (C=O) groups is 2. The molecule has 186 valence electrons. The first-order valence-corrected chi connectivity index (χ1v) is 13.0. The summed E-state index contributed by atoms with van der Waals surface area (Å²) in [7, 11) is -2.17. The molecule has 9 heteroatoms. The summed E-state index contributed by atoms with van der Waals surface area (Å²) in [5.41, 5.74) is 0.694. The predicted molar refractivity (Wildman–Crippen MR) is 134 cm³/mol. The number of sulfonamides is 1. The summed E-state index contributed by atoms with van der Waals surface area (Å²) in [6.07, 6.45) is 1.43. The summed E-state index contributed by atoms with van der Waals surface area (Å²) in [5, 5.41) is 2.94. The van der Waals surface area contributed by atoms with Crippen molar-refractivity contribution < 1.29 is 22.7 Å². The van der Waals surface area contributed by atoms with Crippen molar-refractivity contribution in [1.82, 2.24) is 10.2 Å². The number of nitrogens with one attached hydrogen (secondary N) is 1. The van der Waals surface area contributed by atoms with Gasteiger partial charge in [0.15, 0.2) is 0 Å². The van der Waals surface area contributed by atoms with Crippen molar-refractivity contribution in [3.8, 4) is 5.75 Å². The maximum Gasteiger partial charge on any atom is 0.244 e. The monoisotopic (exact) mass is 489 g/mol. The minimum absolute atomic E-state index is 0.144. The van der Waals surface area contributed by atoms with Gasteiger partial charge in [-0.2, -0.15) is 0 Å². The van der Waals surface area contributed by atoms with Crippen LogP contribution in [-0.2, 0) is 26.2 Å². The van der Waals surface area contributed by atoms with Crippen molar-refractivity contribution in [3.05, 3.63) is 60.2 Å². The molecule has 8 nitrogen and oxygen atoms in total. The minimum Gasteiger partial charge on any atom is -0.497 e. The van der Waals surface area contributed by atoms with Crippen molar-refractivity contribution in [3.63, 3.8) is 0 Å². The van der Waals surface area contributed by atoms with Crippen LogP contribution in [0.2, 0.25) is 0 Å². The van der Waals surface area contributed by atoms with E-state index in [1.54, 1.807) is 49.6 Å². The highest BCUT2D eigenvalue weighted by atomic mass is 32.2. The van der Waals surface area contributed by atoms with Gasteiger partial charge in [0.05, 0.1) is 19.1 Å². The van der Waals surface area contributed by atoms with E-state index in [9.17, 15) is 18.0 Å². The number of hydrogen-bond acceptors (Lipinski definition) is 5. The van der Waals surface area contributed by atoms with E-state index in [4.69, 9.17) is 4.74 Å². The van der Waals surface area contributed by atoms with E-state index in [-0.39, 0.29) is 12.5 Å². The molecule has 0 bridgehead atoms. The number of benzene rings is 2. The lowest BCUT2D eigenvalue weighted by Crippen LogP contribution is -2.55. The van der Waals surface area contributed by atoms with Crippen LogP contribution in [0.15, 0.2) is 54.6 Å². The molecule has 2 aromatic rings. The molecule has 0 fully saturated rings. The zero-order valence-corrected chi connectivity index (χ0v) is 21.6. The lowest BCUT2D eigenvalue weighted by Gasteiger charge is -2.34. The van der Waals surface area contributed by atoms with Gasteiger partial charge in [-0.1, -0.05) is 37.3 Å². The van der Waals surface area contributed by atoms with Gasteiger partial charge in [-0.05, 0) is 57.0 Å². The van der Waals surface area contributed by atoms with Crippen LogP contribution >= 0.6 is 0 Å². The molecule has 0 saturated carbocycles. The van der Waals surface area contributed by atoms with E-state index in [1.165, 1.54) is 4.90 Å². The van der Waals surface area contributed by atoms with Crippen molar-refractivity contribution in [2.45, 2.75) is 52.2 Å². The summed E-state index contributed by atoms with van der Waals surface area (Å²) in [4.78, 5) is 28.2. The molecule has 0 aromatic heterocycles. The van der Waals surface area contributed by atoms with Gasteiger partial charge >= 0.3 is 0 Å². The molecule has 2 rings (SSSR count). The van der Waals surface area contributed by atoms with Gasteiger partial charge in [-0.15, -0.1) is 0 Å². The van der Waals surface area contributed by atoms with Gasteiger partial charge in [0.2, 0.25) is 21.8 Å².